The molecule has 0 saturated carbocycles. The highest BCUT2D eigenvalue weighted by atomic mass is 16.4. The maximum absolute atomic E-state index is 12.6. The summed E-state index contributed by atoms with van der Waals surface area (Å²) in [4.78, 5) is 24.5. The number of carbonyl (C=O) groups is 2. The number of amides is 1. The first-order valence-electron chi connectivity index (χ1n) is 9.69. The molecule has 0 spiro atoms. The highest BCUT2D eigenvalue weighted by Crippen LogP contribution is 2.22. The van der Waals surface area contributed by atoms with E-state index in [1.165, 1.54) is 4.68 Å². The van der Waals surface area contributed by atoms with Crippen LogP contribution in [0.5, 0.6) is 0 Å². The van der Waals surface area contributed by atoms with Gasteiger partial charge in [-0.1, -0.05) is 63.2 Å². The normalized spacial score (nSPS) is 12.7. The molecular formula is C23H27N3O3. The minimum Gasteiger partial charge on any atom is -0.481 e. The lowest BCUT2D eigenvalue weighted by Crippen LogP contribution is -2.35. The smallest absolute Gasteiger partial charge is 0.308 e. The third kappa shape index (κ3) is 4.65. The van der Waals surface area contributed by atoms with Crippen LogP contribution in [0.25, 0.3) is 10.8 Å². The lowest BCUT2D eigenvalue weighted by atomic mass is 9.92. The number of aryl methyl sites for hydroxylation is 1. The molecule has 1 aromatic heterocycles. The number of nitrogens with one attached hydrogen (secondary N) is 1. The van der Waals surface area contributed by atoms with E-state index in [1.54, 1.807) is 13.1 Å². The Hall–Kier alpha value is -3.15. The van der Waals surface area contributed by atoms with Gasteiger partial charge in [0.05, 0.1) is 11.6 Å². The van der Waals surface area contributed by atoms with Crippen LogP contribution in [-0.2, 0) is 23.7 Å². The Labute approximate surface area is 170 Å². The summed E-state index contributed by atoms with van der Waals surface area (Å²) in [6.07, 6.45) is 0.343. The monoisotopic (exact) mass is 393 g/mol. The minimum absolute atomic E-state index is 0.0490. The quantitative estimate of drug-likeness (QED) is 0.671. The highest BCUT2D eigenvalue weighted by molar-refractivity contribution is 5.93. The van der Waals surface area contributed by atoms with E-state index in [2.05, 4.69) is 10.4 Å². The van der Waals surface area contributed by atoms with E-state index in [0.29, 0.717) is 12.1 Å². The number of hydrogen-bond acceptors (Lipinski definition) is 3. The first-order chi connectivity index (χ1) is 13.7. The van der Waals surface area contributed by atoms with E-state index in [0.717, 1.165) is 22.0 Å². The van der Waals surface area contributed by atoms with E-state index in [9.17, 15) is 14.7 Å². The number of carbonyl (C=O) groups excluding carboxylic acids is 1. The van der Waals surface area contributed by atoms with Gasteiger partial charge in [0.25, 0.3) is 5.91 Å². The van der Waals surface area contributed by atoms with Crippen molar-refractivity contribution in [3.8, 4) is 0 Å². The van der Waals surface area contributed by atoms with Crippen molar-refractivity contribution < 1.29 is 14.7 Å². The highest BCUT2D eigenvalue weighted by Gasteiger charge is 2.24. The van der Waals surface area contributed by atoms with Crippen LogP contribution in [0.2, 0.25) is 0 Å². The third-order valence-electron chi connectivity index (χ3n) is 5.09. The van der Waals surface area contributed by atoms with Gasteiger partial charge in [-0.15, -0.1) is 0 Å². The van der Waals surface area contributed by atoms with Crippen molar-refractivity contribution in [1.29, 1.82) is 0 Å². The molecule has 1 atom stereocenters. The van der Waals surface area contributed by atoms with Gasteiger partial charge in [-0.3, -0.25) is 14.3 Å². The largest absolute Gasteiger partial charge is 0.481 e. The minimum atomic E-state index is -0.932. The van der Waals surface area contributed by atoms with E-state index in [1.807, 2.05) is 63.2 Å². The summed E-state index contributed by atoms with van der Waals surface area (Å²) < 4.78 is 1.54. The number of carboxylic acid groups (broad SMARTS) is 1. The number of rotatable bonds is 6. The van der Waals surface area contributed by atoms with Crippen LogP contribution in [-0.4, -0.2) is 33.3 Å². The summed E-state index contributed by atoms with van der Waals surface area (Å²) in [5.41, 5.74) is 2.02. The summed E-state index contributed by atoms with van der Waals surface area (Å²) in [7, 11) is 1.72. The lowest BCUT2D eigenvalue weighted by molar-refractivity contribution is -0.141. The molecule has 3 aromatic rings. The van der Waals surface area contributed by atoms with Crippen molar-refractivity contribution in [2.75, 3.05) is 6.54 Å². The van der Waals surface area contributed by atoms with Crippen molar-refractivity contribution in [2.24, 2.45) is 13.0 Å². The topological polar surface area (TPSA) is 84.2 Å². The van der Waals surface area contributed by atoms with Gasteiger partial charge in [-0.05, 0) is 28.8 Å². The fraction of sp³-hybridized carbons (Fsp3) is 0.348. The zero-order valence-electron chi connectivity index (χ0n) is 17.3. The third-order valence-corrected chi connectivity index (χ3v) is 5.09. The summed E-state index contributed by atoms with van der Waals surface area (Å²) in [6, 6.07) is 15.5. The molecule has 0 radical (unpaired) electrons. The van der Waals surface area contributed by atoms with Gasteiger partial charge in [0.2, 0.25) is 0 Å². The predicted octanol–water partition coefficient (Wildman–Crippen LogP) is 3.54. The molecule has 0 aliphatic rings. The predicted molar refractivity (Wildman–Crippen MR) is 113 cm³/mol. The molecule has 152 valence electrons. The first kappa shape index (κ1) is 20.6. The molecule has 1 heterocycles. The number of aromatic nitrogens is 2. The number of aliphatic carboxylic acids is 1. The van der Waals surface area contributed by atoms with Crippen molar-refractivity contribution in [2.45, 2.75) is 32.6 Å². The number of nitrogens with zero attached hydrogens (tertiary/aromatic N) is 2. The first-order valence-corrected chi connectivity index (χ1v) is 9.69. The molecule has 6 heteroatoms. The Morgan fingerprint density at radius 2 is 1.83 bits per heavy atom. The molecule has 3 rings (SSSR count). The van der Waals surface area contributed by atoms with Gasteiger partial charge in [0.15, 0.2) is 0 Å². The van der Waals surface area contributed by atoms with E-state index in [4.69, 9.17) is 0 Å². The number of hydrogen-bond donors (Lipinski definition) is 2. The number of fused-ring (bicyclic) bond motifs is 1. The Morgan fingerprint density at radius 1 is 1.14 bits per heavy atom. The van der Waals surface area contributed by atoms with Crippen LogP contribution in [0, 0.1) is 5.92 Å². The number of carboxylic acids is 1. The molecular weight excluding hydrogens is 366 g/mol. The van der Waals surface area contributed by atoms with E-state index < -0.39 is 11.9 Å². The van der Waals surface area contributed by atoms with E-state index >= 15 is 0 Å². The molecule has 6 nitrogen and oxygen atoms in total. The van der Waals surface area contributed by atoms with Crippen LogP contribution in [0.15, 0.2) is 48.5 Å². The molecule has 0 saturated heterocycles. The molecule has 0 bridgehead atoms. The second-order valence-electron chi connectivity index (χ2n) is 8.38. The molecule has 29 heavy (non-hydrogen) atoms. The van der Waals surface area contributed by atoms with Gasteiger partial charge >= 0.3 is 5.97 Å². The van der Waals surface area contributed by atoms with Gasteiger partial charge in [0, 0.05) is 19.0 Å². The van der Waals surface area contributed by atoms with Crippen molar-refractivity contribution >= 4 is 22.6 Å². The molecule has 1 unspecified atom stereocenters. The summed E-state index contributed by atoms with van der Waals surface area (Å²) in [6.45, 7) is 6.14. The standard InChI is InChI=1S/C23H27N3O3/c1-23(2,3)20-13-19(26(4)25-20)21(27)24-14-17(22(28)29)12-16-10-7-9-15-8-5-6-11-18(15)16/h5-11,13,17H,12,14H2,1-4H3,(H,24,27)(H,28,29). The van der Waals surface area contributed by atoms with Crippen LogP contribution in [0.4, 0.5) is 0 Å². The van der Waals surface area contributed by atoms with Crippen LogP contribution in [0.3, 0.4) is 0 Å². The van der Waals surface area contributed by atoms with Gasteiger partial charge in [0.1, 0.15) is 5.69 Å². The van der Waals surface area contributed by atoms with Crippen molar-refractivity contribution in [3.63, 3.8) is 0 Å². The molecule has 2 N–H and O–H groups in total. The van der Waals surface area contributed by atoms with E-state index in [-0.39, 0.29) is 17.9 Å². The lowest BCUT2D eigenvalue weighted by Gasteiger charge is -2.15. The van der Waals surface area contributed by atoms with Gasteiger partial charge in [-0.25, -0.2) is 0 Å². The molecule has 0 aliphatic heterocycles. The summed E-state index contributed by atoms with van der Waals surface area (Å²) in [5.74, 6) is -1.97. The fourth-order valence-corrected chi connectivity index (χ4v) is 3.34. The van der Waals surface area contributed by atoms with Crippen molar-refractivity contribution in [1.82, 2.24) is 15.1 Å². The SMILES string of the molecule is Cn1nc(C(C)(C)C)cc1C(=O)NCC(Cc1cccc2ccccc12)C(=O)O. The summed E-state index contributed by atoms with van der Waals surface area (Å²) >= 11 is 0. The molecule has 1 amide bonds. The Bertz CT molecular complexity index is 1040. The maximum atomic E-state index is 12.6. The molecule has 0 fully saturated rings. The zero-order valence-corrected chi connectivity index (χ0v) is 17.3. The maximum Gasteiger partial charge on any atom is 0.308 e. The average Bonchev–Trinajstić information content (AvgIpc) is 3.07. The second-order valence-corrected chi connectivity index (χ2v) is 8.38. The van der Waals surface area contributed by atoms with Crippen LogP contribution < -0.4 is 5.32 Å². The number of benzene rings is 2. The van der Waals surface area contributed by atoms with Crippen LogP contribution >= 0.6 is 0 Å². The zero-order chi connectivity index (χ0) is 21.2. The Kier molecular flexibility index (Phi) is 5.73. The second kappa shape index (κ2) is 8.07. The molecule has 2 aromatic carbocycles. The fourth-order valence-electron chi connectivity index (χ4n) is 3.34. The van der Waals surface area contributed by atoms with Gasteiger partial charge in [-0.2, -0.15) is 5.10 Å². The van der Waals surface area contributed by atoms with Gasteiger partial charge < -0.3 is 10.4 Å². The molecule has 0 aliphatic carbocycles. The average molecular weight is 393 g/mol. The Morgan fingerprint density at radius 3 is 2.48 bits per heavy atom. The summed E-state index contributed by atoms with van der Waals surface area (Å²) in [5, 5.41) is 19.0. The van der Waals surface area contributed by atoms with Crippen LogP contribution in [0.1, 0.15) is 42.5 Å². The Balaban J connectivity index is 1.74. The van der Waals surface area contributed by atoms with Crippen molar-refractivity contribution in [3.05, 3.63) is 65.5 Å².